The molecule has 1 fully saturated rings. The van der Waals surface area contributed by atoms with E-state index >= 15 is 0 Å². The minimum absolute atomic E-state index is 0.752. The lowest BCUT2D eigenvalue weighted by Gasteiger charge is -2.28. The summed E-state index contributed by atoms with van der Waals surface area (Å²) in [4.78, 5) is 11.6. The Kier molecular flexibility index (Phi) is 4.83. The molecule has 0 saturated carbocycles. The van der Waals surface area contributed by atoms with E-state index in [0.29, 0.717) is 0 Å². The van der Waals surface area contributed by atoms with Crippen LogP contribution in [0.1, 0.15) is 31.9 Å². The zero-order chi connectivity index (χ0) is 15.4. The first-order chi connectivity index (χ1) is 10.8. The maximum Gasteiger partial charge on any atom is 0.107 e. The fraction of sp³-hybridized carbons (Fsp3) is 0.588. The van der Waals surface area contributed by atoms with Gasteiger partial charge < -0.3 is 4.90 Å². The quantitative estimate of drug-likeness (QED) is 0.851. The Labute approximate surface area is 132 Å². The first-order valence-electron chi connectivity index (χ1n) is 8.28. The van der Waals surface area contributed by atoms with Crippen molar-refractivity contribution in [1.29, 1.82) is 0 Å². The van der Waals surface area contributed by atoms with Gasteiger partial charge in [0.25, 0.3) is 0 Å². The largest absolute Gasteiger partial charge is 0.306 e. The van der Waals surface area contributed by atoms with Gasteiger partial charge in [-0.15, -0.1) is 0 Å². The summed E-state index contributed by atoms with van der Waals surface area (Å²) in [6.45, 7) is 5.47. The van der Waals surface area contributed by atoms with Crippen LogP contribution in [-0.4, -0.2) is 44.8 Å². The van der Waals surface area contributed by atoms with Gasteiger partial charge in [-0.05, 0) is 57.8 Å². The van der Waals surface area contributed by atoms with Crippen LogP contribution in [-0.2, 0) is 13.0 Å². The molecule has 1 saturated heterocycles. The third-order valence-electron chi connectivity index (χ3n) is 4.46. The molecule has 3 rings (SSSR count). The maximum atomic E-state index is 4.63. The van der Waals surface area contributed by atoms with Crippen LogP contribution in [0.4, 0.5) is 0 Å². The smallest absolute Gasteiger partial charge is 0.107 e. The van der Waals surface area contributed by atoms with Gasteiger partial charge in [0.2, 0.25) is 0 Å². The first kappa shape index (κ1) is 15.2. The molecule has 0 spiro atoms. The SMILES string of the molecule is CCCn1nccc1-c1cnc(CC2CCN(C)CC2)cn1. The monoisotopic (exact) mass is 299 g/mol. The molecule has 0 aromatic carbocycles. The number of aryl methyl sites for hydroxylation is 1. The van der Waals surface area contributed by atoms with Crippen LogP contribution >= 0.6 is 0 Å². The van der Waals surface area contributed by atoms with Crippen LogP contribution in [0.3, 0.4) is 0 Å². The summed E-state index contributed by atoms with van der Waals surface area (Å²) in [5, 5.41) is 4.35. The molecule has 0 bridgehead atoms. The number of hydrogen-bond acceptors (Lipinski definition) is 4. The van der Waals surface area contributed by atoms with Gasteiger partial charge in [0.15, 0.2) is 0 Å². The zero-order valence-electron chi connectivity index (χ0n) is 13.6. The second-order valence-corrected chi connectivity index (χ2v) is 6.28. The molecule has 0 radical (unpaired) electrons. The minimum atomic E-state index is 0.752. The highest BCUT2D eigenvalue weighted by atomic mass is 15.3. The van der Waals surface area contributed by atoms with Crippen molar-refractivity contribution in [1.82, 2.24) is 24.6 Å². The summed E-state index contributed by atoms with van der Waals surface area (Å²) in [6.07, 6.45) is 10.3. The molecule has 118 valence electrons. The molecule has 0 unspecified atom stereocenters. The van der Waals surface area contributed by atoms with Crippen molar-refractivity contribution in [2.45, 2.75) is 39.2 Å². The third kappa shape index (κ3) is 3.53. The van der Waals surface area contributed by atoms with E-state index in [9.17, 15) is 0 Å². The van der Waals surface area contributed by atoms with Crippen molar-refractivity contribution in [3.63, 3.8) is 0 Å². The Morgan fingerprint density at radius 1 is 1.18 bits per heavy atom. The molecule has 0 N–H and O–H groups in total. The molecule has 2 aromatic rings. The van der Waals surface area contributed by atoms with Crippen molar-refractivity contribution in [3.8, 4) is 11.4 Å². The van der Waals surface area contributed by atoms with Crippen molar-refractivity contribution in [2.24, 2.45) is 5.92 Å². The molecule has 22 heavy (non-hydrogen) atoms. The van der Waals surface area contributed by atoms with Gasteiger partial charge >= 0.3 is 0 Å². The van der Waals surface area contributed by atoms with E-state index in [4.69, 9.17) is 0 Å². The Hall–Kier alpha value is -1.75. The van der Waals surface area contributed by atoms with Gasteiger partial charge in [-0.3, -0.25) is 14.6 Å². The highest BCUT2D eigenvalue weighted by molar-refractivity contribution is 5.52. The number of rotatable bonds is 5. The summed E-state index contributed by atoms with van der Waals surface area (Å²) < 4.78 is 2.00. The van der Waals surface area contributed by atoms with Crippen molar-refractivity contribution >= 4 is 0 Å². The van der Waals surface area contributed by atoms with E-state index < -0.39 is 0 Å². The van der Waals surface area contributed by atoms with E-state index in [0.717, 1.165) is 42.4 Å². The van der Waals surface area contributed by atoms with E-state index in [1.165, 1.54) is 25.9 Å². The van der Waals surface area contributed by atoms with Crippen LogP contribution in [0.5, 0.6) is 0 Å². The third-order valence-corrected chi connectivity index (χ3v) is 4.46. The predicted octanol–water partition coefficient (Wildman–Crippen LogP) is 2.63. The lowest BCUT2D eigenvalue weighted by Crippen LogP contribution is -2.31. The molecule has 5 heteroatoms. The number of aromatic nitrogens is 4. The summed E-state index contributed by atoms with van der Waals surface area (Å²) in [6, 6.07) is 2.01. The standard InChI is InChI=1S/C17H25N5/c1-3-8-22-17(4-7-20-22)16-13-18-15(12-19-16)11-14-5-9-21(2)10-6-14/h4,7,12-14H,3,5-6,8-11H2,1-2H3. The molecule has 2 aromatic heterocycles. The Morgan fingerprint density at radius 2 is 2.00 bits per heavy atom. The van der Waals surface area contributed by atoms with E-state index in [1.54, 1.807) is 0 Å². The summed E-state index contributed by atoms with van der Waals surface area (Å²) >= 11 is 0. The lowest BCUT2D eigenvalue weighted by molar-refractivity contribution is 0.218. The van der Waals surface area contributed by atoms with Gasteiger partial charge in [0.05, 0.1) is 17.6 Å². The molecular formula is C17H25N5. The molecule has 1 aliphatic rings. The molecule has 0 aliphatic carbocycles. The molecule has 3 heterocycles. The summed E-state index contributed by atoms with van der Waals surface area (Å²) in [5.41, 5.74) is 3.08. The maximum absolute atomic E-state index is 4.63. The van der Waals surface area contributed by atoms with Crippen LogP contribution < -0.4 is 0 Å². The highest BCUT2D eigenvalue weighted by Crippen LogP contribution is 2.21. The Balaban J connectivity index is 1.66. The molecule has 0 atom stereocenters. The fourth-order valence-electron chi connectivity index (χ4n) is 3.09. The Bertz CT molecular complexity index is 581. The highest BCUT2D eigenvalue weighted by Gasteiger charge is 2.17. The number of piperidine rings is 1. The summed E-state index contributed by atoms with van der Waals surface area (Å²) in [5.74, 6) is 0.752. The molecule has 0 amide bonds. The van der Waals surface area contributed by atoms with Crippen LogP contribution in [0.15, 0.2) is 24.7 Å². The van der Waals surface area contributed by atoms with Gasteiger partial charge in [0.1, 0.15) is 5.69 Å². The molecule has 5 nitrogen and oxygen atoms in total. The second-order valence-electron chi connectivity index (χ2n) is 6.28. The average Bonchev–Trinajstić information content (AvgIpc) is 2.99. The van der Waals surface area contributed by atoms with Gasteiger partial charge in [-0.25, -0.2) is 0 Å². The number of nitrogens with zero attached hydrogens (tertiary/aromatic N) is 5. The Morgan fingerprint density at radius 3 is 2.68 bits per heavy atom. The van der Waals surface area contributed by atoms with E-state index in [-0.39, 0.29) is 0 Å². The van der Waals surface area contributed by atoms with E-state index in [2.05, 4.69) is 33.9 Å². The second kappa shape index (κ2) is 7.01. The van der Waals surface area contributed by atoms with Crippen molar-refractivity contribution in [2.75, 3.05) is 20.1 Å². The van der Waals surface area contributed by atoms with Crippen LogP contribution in [0.25, 0.3) is 11.4 Å². The number of likely N-dealkylation sites (tertiary alicyclic amines) is 1. The van der Waals surface area contributed by atoms with Crippen molar-refractivity contribution in [3.05, 3.63) is 30.4 Å². The minimum Gasteiger partial charge on any atom is -0.306 e. The van der Waals surface area contributed by atoms with Gasteiger partial charge in [-0.1, -0.05) is 6.92 Å². The van der Waals surface area contributed by atoms with Gasteiger partial charge in [-0.2, -0.15) is 5.10 Å². The van der Waals surface area contributed by atoms with Crippen LogP contribution in [0.2, 0.25) is 0 Å². The average molecular weight is 299 g/mol. The normalized spacial score (nSPS) is 17.0. The zero-order valence-corrected chi connectivity index (χ0v) is 13.6. The lowest BCUT2D eigenvalue weighted by atomic mass is 9.92. The predicted molar refractivity (Wildman–Crippen MR) is 87.5 cm³/mol. The van der Waals surface area contributed by atoms with E-state index in [1.807, 2.05) is 29.3 Å². The number of hydrogen-bond donors (Lipinski definition) is 0. The topological polar surface area (TPSA) is 46.8 Å². The van der Waals surface area contributed by atoms with Gasteiger partial charge in [0, 0.05) is 18.9 Å². The van der Waals surface area contributed by atoms with Crippen LogP contribution in [0, 0.1) is 5.92 Å². The summed E-state index contributed by atoms with van der Waals surface area (Å²) in [7, 11) is 2.20. The fourth-order valence-corrected chi connectivity index (χ4v) is 3.09. The van der Waals surface area contributed by atoms with Crippen molar-refractivity contribution < 1.29 is 0 Å². The first-order valence-corrected chi connectivity index (χ1v) is 8.28. The molecular weight excluding hydrogens is 274 g/mol. The molecule has 1 aliphatic heterocycles.